The summed E-state index contributed by atoms with van der Waals surface area (Å²) >= 11 is 0.449. The van der Waals surface area contributed by atoms with Gasteiger partial charge in [0.2, 0.25) is 0 Å². The summed E-state index contributed by atoms with van der Waals surface area (Å²) in [6.07, 6.45) is -4.50. The monoisotopic (exact) mass is 357 g/mol. The van der Waals surface area contributed by atoms with Crippen molar-refractivity contribution in [1.82, 2.24) is 4.57 Å². The van der Waals surface area contributed by atoms with Crippen molar-refractivity contribution in [3.8, 4) is 5.75 Å². The number of ether oxygens (including phenoxy) is 1. The number of hydrogen-bond donors (Lipinski definition) is 0. The number of alkyl halides is 3. The average molecular weight is 357 g/mol. The fourth-order valence-electron chi connectivity index (χ4n) is 2.51. The zero-order valence-electron chi connectivity index (χ0n) is 12.6. The minimum atomic E-state index is -4.50. The molecular formula is C16H11F4NO2S. The van der Waals surface area contributed by atoms with Crippen LogP contribution in [0.15, 0.2) is 29.6 Å². The zero-order valence-corrected chi connectivity index (χ0v) is 13.4. The van der Waals surface area contributed by atoms with Gasteiger partial charge in [0.25, 0.3) is 5.91 Å². The van der Waals surface area contributed by atoms with E-state index in [2.05, 4.69) is 0 Å². The Kier molecular flexibility index (Phi) is 3.87. The predicted molar refractivity (Wildman–Crippen MR) is 82.2 cm³/mol. The molecule has 3 nitrogen and oxygen atoms in total. The van der Waals surface area contributed by atoms with E-state index in [1.165, 1.54) is 29.9 Å². The van der Waals surface area contributed by atoms with E-state index >= 15 is 0 Å². The maximum Gasteiger partial charge on any atom is 0.425 e. The number of carbonyl (C=O) groups excluding carboxylic acids is 1. The molecule has 0 saturated heterocycles. The number of carbonyl (C=O) groups is 1. The summed E-state index contributed by atoms with van der Waals surface area (Å²) < 4.78 is 58.5. The molecule has 126 valence electrons. The first-order valence-electron chi connectivity index (χ1n) is 6.79. The molecule has 2 heterocycles. The van der Waals surface area contributed by atoms with E-state index in [0.29, 0.717) is 17.0 Å². The smallest absolute Gasteiger partial charge is 0.425 e. The Bertz CT molecular complexity index is 940. The number of nitrogens with zero attached hydrogens (tertiary/aromatic N) is 1. The SMILES string of the molecule is COc1ccc2c(cc(C)n2C(=O)c2csc(C(F)(F)F)c2)c1F. The second-order valence-corrected chi connectivity index (χ2v) is 6.05. The van der Waals surface area contributed by atoms with Gasteiger partial charge in [-0.2, -0.15) is 13.2 Å². The Morgan fingerprint density at radius 3 is 2.54 bits per heavy atom. The fraction of sp³-hybridized carbons (Fsp3) is 0.188. The van der Waals surface area contributed by atoms with Crippen molar-refractivity contribution in [2.45, 2.75) is 13.1 Å². The molecule has 3 rings (SSSR count). The molecule has 8 heteroatoms. The van der Waals surface area contributed by atoms with E-state index in [-0.39, 0.29) is 22.2 Å². The number of thiophene rings is 1. The molecule has 0 spiro atoms. The molecule has 1 aromatic carbocycles. The number of aryl methyl sites for hydroxylation is 1. The summed E-state index contributed by atoms with van der Waals surface area (Å²) in [6, 6.07) is 5.13. The minimum Gasteiger partial charge on any atom is -0.494 e. The van der Waals surface area contributed by atoms with Crippen LogP contribution in [0.4, 0.5) is 17.6 Å². The number of benzene rings is 1. The van der Waals surface area contributed by atoms with Crippen molar-refractivity contribution in [2.75, 3.05) is 7.11 Å². The molecule has 2 aromatic heterocycles. The summed E-state index contributed by atoms with van der Waals surface area (Å²) in [7, 11) is 1.32. The molecule has 0 bridgehead atoms. The predicted octanol–water partition coefficient (Wildman–Crippen LogP) is 4.87. The van der Waals surface area contributed by atoms with Crippen LogP contribution in [0.5, 0.6) is 5.75 Å². The molecule has 0 atom stereocenters. The number of halogens is 4. The highest BCUT2D eigenvalue weighted by atomic mass is 32.1. The number of rotatable bonds is 2. The van der Waals surface area contributed by atoms with E-state index in [0.717, 1.165) is 11.4 Å². The lowest BCUT2D eigenvalue weighted by molar-refractivity contribution is -0.134. The maximum atomic E-state index is 14.3. The highest BCUT2D eigenvalue weighted by Gasteiger charge is 2.33. The van der Waals surface area contributed by atoms with E-state index in [9.17, 15) is 22.4 Å². The molecule has 0 N–H and O–H groups in total. The van der Waals surface area contributed by atoms with Crippen molar-refractivity contribution in [2.24, 2.45) is 0 Å². The van der Waals surface area contributed by atoms with Crippen LogP contribution in [-0.2, 0) is 6.18 Å². The summed E-state index contributed by atoms with van der Waals surface area (Å²) in [4.78, 5) is 11.7. The van der Waals surface area contributed by atoms with Crippen LogP contribution < -0.4 is 4.74 Å². The van der Waals surface area contributed by atoms with Gasteiger partial charge in [0.15, 0.2) is 11.6 Å². The van der Waals surface area contributed by atoms with Crippen molar-refractivity contribution >= 4 is 28.1 Å². The van der Waals surface area contributed by atoms with Crippen molar-refractivity contribution in [1.29, 1.82) is 0 Å². The Balaban J connectivity index is 2.12. The van der Waals surface area contributed by atoms with Gasteiger partial charge in [-0.05, 0) is 31.2 Å². The summed E-state index contributed by atoms with van der Waals surface area (Å²) in [6.45, 7) is 1.58. The topological polar surface area (TPSA) is 31.2 Å². The number of methoxy groups -OCH3 is 1. The molecule has 0 aliphatic heterocycles. The first kappa shape index (κ1) is 16.5. The second kappa shape index (κ2) is 5.62. The Labute approximate surface area is 138 Å². The molecule has 3 aromatic rings. The van der Waals surface area contributed by atoms with Gasteiger partial charge in [-0.1, -0.05) is 0 Å². The van der Waals surface area contributed by atoms with Crippen LogP contribution in [-0.4, -0.2) is 17.6 Å². The van der Waals surface area contributed by atoms with E-state index < -0.39 is 22.8 Å². The zero-order chi connectivity index (χ0) is 17.6. The molecule has 0 amide bonds. The van der Waals surface area contributed by atoms with Crippen LogP contribution in [0, 0.1) is 12.7 Å². The highest BCUT2D eigenvalue weighted by Crippen LogP contribution is 2.35. The molecule has 0 aliphatic rings. The highest BCUT2D eigenvalue weighted by molar-refractivity contribution is 7.10. The molecule has 0 aliphatic carbocycles. The molecule has 24 heavy (non-hydrogen) atoms. The average Bonchev–Trinajstić information content (AvgIpc) is 3.11. The molecule has 0 unspecified atom stereocenters. The third-order valence-corrected chi connectivity index (χ3v) is 4.59. The van der Waals surface area contributed by atoms with Gasteiger partial charge in [-0.3, -0.25) is 9.36 Å². The van der Waals surface area contributed by atoms with Crippen LogP contribution in [0.2, 0.25) is 0 Å². The first-order chi connectivity index (χ1) is 11.2. The van der Waals surface area contributed by atoms with Gasteiger partial charge in [0.05, 0.1) is 18.2 Å². The van der Waals surface area contributed by atoms with E-state index in [1.54, 1.807) is 6.92 Å². The second-order valence-electron chi connectivity index (χ2n) is 5.14. The molecule has 0 fully saturated rings. The first-order valence-corrected chi connectivity index (χ1v) is 7.67. The van der Waals surface area contributed by atoms with Gasteiger partial charge in [-0.15, -0.1) is 11.3 Å². The summed E-state index contributed by atoms with van der Waals surface area (Å²) in [5.74, 6) is -1.23. The van der Waals surface area contributed by atoms with Gasteiger partial charge in [-0.25, -0.2) is 4.39 Å². The van der Waals surface area contributed by atoms with Crippen LogP contribution in [0.25, 0.3) is 10.9 Å². The summed E-state index contributed by atoms with van der Waals surface area (Å²) in [5.41, 5.74) is 0.599. The van der Waals surface area contributed by atoms with Crippen LogP contribution >= 0.6 is 11.3 Å². The lowest BCUT2D eigenvalue weighted by Crippen LogP contribution is -2.12. The van der Waals surface area contributed by atoms with Gasteiger partial charge in [0.1, 0.15) is 4.88 Å². The number of aromatic nitrogens is 1. The van der Waals surface area contributed by atoms with Gasteiger partial charge >= 0.3 is 6.18 Å². The fourth-order valence-corrected chi connectivity index (χ4v) is 3.26. The van der Waals surface area contributed by atoms with Crippen molar-refractivity contribution < 1.29 is 27.1 Å². The molecular weight excluding hydrogens is 346 g/mol. The van der Waals surface area contributed by atoms with E-state index in [1.807, 2.05) is 0 Å². The number of fused-ring (bicyclic) bond motifs is 1. The van der Waals surface area contributed by atoms with Gasteiger partial charge < -0.3 is 4.74 Å². The Hall–Kier alpha value is -2.35. The largest absolute Gasteiger partial charge is 0.494 e. The third kappa shape index (κ3) is 2.56. The van der Waals surface area contributed by atoms with Crippen molar-refractivity contribution in [3.05, 3.63) is 51.6 Å². The van der Waals surface area contributed by atoms with Crippen LogP contribution in [0.1, 0.15) is 20.9 Å². The van der Waals surface area contributed by atoms with E-state index in [4.69, 9.17) is 4.74 Å². The Morgan fingerprint density at radius 1 is 1.25 bits per heavy atom. The van der Waals surface area contributed by atoms with Gasteiger partial charge in [0, 0.05) is 16.5 Å². The molecule has 0 radical (unpaired) electrons. The third-order valence-electron chi connectivity index (χ3n) is 3.62. The maximum absolute atomic E-state index is 14.3. The van der Waals surface area contributed by atoms with Crippen LogP contribution in [0.3, 0.4) is 0 Å². The standard InChI is InChI=1S/C16H11F4NO2S/c1-8-5-10-11(3-4-12(23-2)14(10)17)21(8)15(22)9-6-13(24-7-9)16(18,19)20/h3-7H,1-2H3. The molecule has 0 saturated carbocycles. The lowest BCUT2D eigenvalue weighted by atomic mass is 10.2. The van der Waals surface area contributed by atoms with Crippen molar-refractivity contribution in [3.63, 3.8) is 0 Å². The Morgan fingerprint density at radius 2 is 1.96 bits per heavy atom. The normalized spacial score (nSPS) is 11.9. The minimum absolute atomic E-state index is 0.0296. The quantitative estimate of drug-likeness (QED) is 0.613. The lowest BCUT2D eigenvalue weighted by Gasteiger charge is -2.07. The number of hydrogen-bond acceptors (Lipinski definition) is 3. The summed E-state index contributed by atoms with van der Waals surface area (Å²) in [5, 5.41) is 1.32.